The molecule has 0 bridgehead atoms. The van der Waals surface area contributed by atoms with E-state index in [1.807, 2.05) is 0 Å². The van der Waals surface area contributed by atoms with E-state index in [1.54, 1.807) is 23.5 Å². The molecule has 0 spiro atoms. The van der Waals surface area contributed by atoms with Gasteiger partial charge in [0.2, 0.25) is 0 Å². The second-order valence-corrected chi connectivity index (χ2v) is 5.55. The Labute approximate surface area is 105 Å². The number of rotatable bonds is 3. The molecule has 1 aromatic heterocycles. The third-order valence-electron chi connectivity index (χ3n) is 0.719. The van der Waals surface area contributed by atoms with Crippen LogP contribution in [0.25, 0.3) is 0 Å². The van der Waals surface area contributed by atoms with Crippen LogP contribution in [-0.2, 0) is 0 Å². The van der Waals surface area contributed by atoms with E-state index < -0.39 is 0 Å². The van der Waals surface area contributed by atoms with E-state index in [0.29, 0.717) is 0 Å². The van der Waals surface area contributed by atoms with Crippen LogP contribution in [0.3, 0.4) is 0 Å². The first-order valence-electron chi connectivity index (χ1n) is 2.50. The van der Waals surface area contributed by atoms with E-state index in [-0.39, 0.29) is 29.6 Å². The van der Waals surface area contributed by atoms with Gasteiger partial charge >= 0.3 is 29.6 Å². The quantitative estimate of drug-likeness (QED) is 0.333. The van der Waals surface area contributed by atoms with Crippen LogP contribution in [0.4, 0.5) is 0 Å². The minimum absolute atomic E-state index is 0. The summed E-state index contributed by atoms with van der Waals surface area (Å²) in [6.07, 6.45) is 2.07. The summed E-state index contributed by atoms with van der Waals surface area (Å²) in [6, 6.07) is 0. The zero-order valence-corrected chi connectivity index (χ0v) is 11.6. The zero-order chi connectivity index (χ0) is 7.40. The van der Waals surface area contributed by atoms with Crippen molar-refractivity contribution in [2.75, 3.05) is 11.3 Å². The summed E-state index contributed by atoms with van der Waals surface area (Å²) >= 11 is 9.89. The molecular weight excluding hydrogens is 227 g/mol. The smallest absolute Gasteiger partial charge is 0.257 e. The van der Waals surface area contributed by atoms with Gasteiger partial charge in [0.15, 0.2) is 8.29 Å². The molecule has 0 atom stereocenters. The van der Waals surface area contributed by atoms with Gasteiger partial charge < -0.3 is 0 Å². The van der Waals surface area contributed by atoms with Gasteiger partial charge in [-0.25, -0.2) is 0 Å². The number of hydrogen-bond donors (Lipinski definition) is 1. The monoisotopic (exact) mass is 233 g/mol. The first-order chi connectivity index (χ1) is 4.83. The van der Waals surface area contributed by atoms with Gasteiger partial charge in [-0.1, -0.05) is 23.1 Å². The molecule has 0 aliphatic rings. The molecule has 56 valence electrons. The van der Waals surface area contributed by atoms with Gasteiger partial charge in [0.25, 0.3) is 0 Å². The molecule has 0 saturated heterocycles. The summed E-state index contributed by atoms with van der Waals surface area (Å²) in [5.74, 6) is 0. The molecule has 2 nitrogen and oxygen atoms in total. The number of aromatic nitrogens is 2. The second kappa shape index (κ2) is 6.94. The van der Waals surface area contributed by atoms with Crippen molar-refractivity contribution in [1.29, 1.82) is 0 Å². The van der Waals surface area contributed by atoms with Crippen LogP contribution in [0, 0.1) is 3.95 Å². The van der Waals surface area contributed by atoms with Gasteiger partial charge in [0.1, 0.15) is 0 Å². The maximum atomic E-state index is 4.86. The van der Waals surface area contributed by atoms with Gasteiger partial charge in [-0.05, 0) is 18.5 Å². The summed E-state index contributed by atoms with van der Waals surface area (Å²) in [6.45, 7) is 0. The van der Waals surface area contributed by atoms with E-state index >= 15 is 0 Å². The minimum atomic E-state index is 0. The molecule has 0 unspecified atom stereocenters. The van der Waals surface area contributed by atoms with Crippen LogP contribution in [0.1, 0.15) is 0 Å². The Kier molecular flexibility index (Phi) is 7.87. The second-order valence-electron chi connectivity index (χ2n) is 1.43. The van der Waals surface area contributed by atoms with Crippen molar-refractivity contribution >= 4 is 47.1 Å². The molecule has 1 aromatic rings. The van der Waals surface area contributed by atoms with Gasteiger partial charge in [-0.2, -0.15) is 16.9 Å². The number of nitrogens with one attached hydrogen (secondary N) is 1. The molecule has 0 aliphatic carbocycles. The fourth-order valence-corrected chi connectivity index (χ4v) is 3.07. The van der Waals surface area contributed by atoms with Crippen molar-refractivity contribution in [3.63, 3.8) is 0 Å². The molecule has 1 N–H and O–H groups in total. The van der Waals surface area contributed by atoms with Crippen LogP contribution < -0.4 is 29.6 Å². The Balaban J connectivity index is 0.000001000. The Morgan fingerprint density at radius 2 is 2.45 bits per heavy atom. The Morgan fingerprint density at radius 3 is 2.91 bits per heavy atom. The fourth-order valence-electron chi connectivity index (χ4n) is 0.387. The summed E-state index contributed by atoms with van der Waals surface area (Å²) in [5, 5.41) is 7.76. The first-order valence-corrected chi connectivity index (χ1v) is 6.10. The third-order valence-corrected chi connectivity index (χ3v) is 3.96. The molecule has 1 heterocycles. The number of nitrogens with zero attached hydrogens (tertiary/aromatic N) is 1. The largest absolute Gasteiger partial charge is 1.00 e. The zero-order valence-electron chi connectivity index (χ0n) is 6.29. The summed E-state index contributed by atoms with van der Waals surface area (Å²) in [7, 11) is 0. The van der Waals surface area contributed by atoms with Crippen LogP contribution in [0.5, 0.6) is 0 Å². The predicted octanol–water partition coefficient (Wildman–Crippen LogP) is -0.383. The summed E-state index contributed by atoms with van der Waals surface area (Å²) in [4.78, 5) is 0. The summed E-state index contributed by atoms with van der Waals surface area (Å²) < 4.78 is 1.78. The first kappa shape index (κ1) is 12.5. The van der Waals surface area contributed by atoms with Crippen molar-refractivity contribution in [3.8, 4) is 0 Å². The van der Waals surface area contributed by atoms with Crippen LogP contribution in [0.15, 0.2) is 4.34 Å². The molecule has 0 saturated carbocycles. The molecule has 0 aromatic carbocycles. The molecule has 0 aliphatic heterocycles. The van der Waals surface area contributed by atoms with Gasteiger partial charge in [-0.3, -0.25) is 5.10 Å². The molecular formula is C4H6N2NaS4+. The van der Waals surface area contributed by atoms with E-state index in [0.717, 1.165) is 13.4 Å². The predicted molar refractivity (Wildman–Crippen MR) is 51.5 cm³/mol. The maximum absolute atomic E-state index is 4.86. The van der Waals surface area contributed by atoms with Crippen LogP contribution in [0.2, 0.25) is 0 Å². The van der Waals surface area contributed by atoms with E-state index in [1.165, 1.54) is 11.3 Å². The van der Waals surface area contributed by atoms with Crippen molar-refractivity contribution in [2.45, 2.75) is 4.34 Å². The van der Waals surface area contributed by atoms with Crippen molar-refractivity contribution < 1.29 is 29.6 Å². The number of hydrogen-bond acceptors (Lipinski definition) is 5. The Bertz CT molecular complexity index is 244. The Morgan fingerprint density at radius 1 is 1.73 bits per heavy atom. The normalized spacial score (nSPS) is 9.18. The van der Waals surface area contributed by atoms with Crippen LogP contribution in [-0.4, -0.2) is 21.5 Å². The Hall–Kier alpha value is 1.48. The molecule has 0 fully saturated rings. The van der Waals surface area contributed by atoms with Crippen LogP contribution >= 0.6 is 47.1 Å². The molecule has 0 radical (unpaired) electrons. The van der Waals surface area contributed by atoms with Gasteiger partial charge in [0.05, 0.1) is 0 Å². The molecule has 7 heteroatoms. The standard InChI is InChI=1S/C4H6N2S4.Na/c1-8-2-9-4-6-5-3(7)10-4;/h2H2,1H3,(H,5,7);/q;+1. The van der Waals surface area contributed by atoms with Gasteiger partial charge in [-0.15, -0.1) is 0 Å². The van der Waals surface area contributed by atoms with Crippen molar-refractivity contribution in [2.24, 2.45) is 0 Å². The average Bonchev–Trinajstić information content (AvgIpc) is 2.31. The number of thioether (sulfide) groups is 2. The average molecular weight is 233 g/mol. The van der Waals surface area contributed by atoms with Gasteiger partial charge in [0, 0.05) is 5.08 Å². The third kappa shape index (κ3) is 4.92. The number of H-pyrrole nitrogens is 1. The van der Waals surface area contributed by atoms with E-state index in [4.69, 9.17) is 12.2 Å². The van der Waals surface area contributed by atoms with Crippen molar-refractivity contribution in [3.05, 3.63) is 3.95 Å². The van der Waals surface area contributed by atoms with E-state index in [9.17, 15) is 0 Å². The fraction of sp³-hybridized carbons (Fsp3) is 0.500. The number of aromatic amines is 1. The SMILES string of the molecule is CSCSc1n[nH]c(=S)s1.[Na+]. The maximum Gasteiger partial charge on any atom is 1.00 e. The summed E-state index contributed by atoms with van der Waals surface area (Å²) in [5.41, 5.74) is 0. The molecule has 1 rings (SSSR count). The molecule has 0 amide bonds. The van der Waals surface area contributed by atoms with Crippen molar-refractivity contribution in [1.82, 2.24) is 10.2 Å². The minimum Gasteiger partial charge on any atom is -0.257 e. The molecule has 11 heavy (non-hydrogen) atoms. The topological polar surface area (TPSA) is 28.7 Å². The van der Waals surface area contributed by atoms with E-state index in [2.05, 4.69) is 16.5 Å².